The van der Waals surface area contributed by atoms with Gasteiger partial charge in [-0.05, 0) is 37.3 Å². The molecule has 1 aromatic carbocycles. The lowest BCUT2D eigenvalue weighted by atomic mass is 10.2. The van der Waals surface area contributed by atoms with E-state index in [2.05, 4.69) is 5.32 Å². The van der Waals surface area contributed by atoms with Crippen LogP contribution < -0.4 is 14.8 Å². The topological polar surface area (TPSA) is 87.0 Å². The zero-order valence-corrected chi connectivity index (χ0v) is 13.1. The van der Waals surface area contributed by atoms with E-state index in [-0.39, 0.29) is 6.54 Å². The lowest BCUT2D eigenvalue weighted by Gasteiger charge is -2.19. The Morgan fingerprint density at radius 1 is 1.21 bits per heavy atom. The molecule has 126 valence electrons. The summed E-state index contributed by atoms with van der Waals surface area (Å²) in [5.74, 6) is 0.686. The van der Waals surface area contributed by atoms with Crippen molar-refractivity contribution in [3.05, 3.63) is 47.9 Å². The quantitative estimate of drug-likeness (QED) is 0.842. The molecule has 1 unspecified atom stereocenters. The van der Waals surface area contributed by atoms with Gasteiger partial charge in [0.2, 0.25) is 0 Å². The second kappa shape index (κ2) is 7.08. The van der Waals surface area contributed by atoms with Crippen LogP contribution in [0, 0.1) is 0 Å². The number of esters is 1. The zero-order chi connectivity index (χ0) is 16.9. The number of fused-ring (bicyclic) bond motifs is 1. The molecule has 3 rings (SSSR count). The molecule has 1 aliphatic rings. The summed E-state index contributed by atoms with van der Waals surface area (Å²) in [5.41, 5.74) is 0.296. The van der Waals surface area contributed by atoms with Gasteiger partial charge < -0.3 is 23.9 Å². The zero-order valence-electron chi connectivity index (χ0n) is 13.1. The van der Waals surface area contributed by atoms with Crippen molar-refractivity contribution >= 4 is 11.9 Å². The molecule has 1 aromatic heterocycles. The van der Waals surface area contributed by atoms with Crippen molar-refractivity contribution in [3.8, 4) is 11.5 Å². The number of carbonyl (C=O) groups is 2. The van der Waals surface area contributed by atoms with E-state index in [4.69, 9.17) is 18.6 Å². The monoisotopic (exact) mass is 331 g/mol. The molecule has 0 bridgehead atoms. The number of rotatable bonds is 5. The van der Waals surface area contributed by atoms with Crippen LogP contribution in [0.1, 0.15) is 23.0 Å². The highest BCUT2D eigenvalue weighted by Crippen LogP contribution is 2.31. The first-order valence-electron chi connectivity index (χ1n) is 7.54. The molecule has 0 fully saturated rings. The second-order valence-corrected chi connectivity index (χ2v) is 5.20. The molecule has 7 nitrogen and oxygen atoms in total. The number of hydrogen-bond acceptors (Lipinski definition) is 6. The standard InChI is InChI=1S/C17H17NO6/c1-11(16(19)18-10-13-3-2-6-21-13)24-17(20)12-4-5-14-15(9-12)23-8-7-22-14/h2-6,9,11H,7-8,10H2,1H3,(H,18,19). The van der Waals surface area contributed by atoms with Crippen molar-refractivity contribution in [1.29, 1.82) is 0 Å². The van der Waals surface area contributed by atoms with Gasteiger partial charge in [0.05, 0.1) is 18.4 Å². The van der Waals surface area contributed by atoms with Gasteiger partial charge in [-0.15, -0.1) is 0 Å². The summed E-state index contributed by atoms with van der Waals surface area (Å²) in [6.07, 6.45) is 0.591. The van der Waals surface area contributed by atoms with Crippen LogP contribution in [0.3, 0.4) is 0 Å². The maximum absolute atomic E-state index is 12.2. The van der Waals surface area contributed by atoms with E-state index in [1.807, 2.05) is 0 Å². The molecule has 0 saturated heterocycles. The normalized spacial score (nSPS) is 13.9. The van der Waals surface area contributed by atoms with Crippen LogP contribution in [0.5, 0.6) is 11.5 Å². The van der Waals surface area contributed by atoms with E-state index in [0.717, 1.165) is 0 Å². The van der Waals surface area contributed by atoms with Crippen LogP contribution in [0.4, 0.5) is 0 Å². The number of carbonyl (C=O) groups excluding carboxylic acids is 2. The minimum absolute atomic E-state index is 0.234. The van der Waals surface area contributed by atoms with Crippen LogP contribution in [-0.4, -0.2) is 31.2 Å². The molecular formula is C17H17NO6. The van der Waals surface area contributed by atoms with E-state index in [9.17, 15) is 9.59 Å². The third kappa shape index (κ3) is 3.68. The van der Waals surface area contributed by atoms with Crippen LogP contribution in [0.15, 0.2) is 41.0 Å². The summed E-state index contributed by atoms with van der Waals surface area (Å²) >= 11 is 0. The summed E-state index contributed by atoms with van der Waals surface area (Å²) < 4.78 is 21.1. The highest BCUT2D eigenvalue weighted by molar-refractivity contribution is 5.92. The van der Waals surface area contributed by atoms with Gasteiger partial charge in [0.25, 0.3) is 5.91 Å². The number of hydrogen-bond donors (Lipinski definition) is 1. The molecule has 1 N–H and O–H groups in total. The SMILES string of the molecule is CC(OC(=O)c1ccc2c(c1)OCCO2)C(=O)NCc1ccco1. The van der Waals surface area contributed by atoms with Crippen molar-refractivity contribution in [2.24, 2.45) is 0 Å². The predicted molar refractivity (Wildman–Crippen MR) is 82.9 cm³/mol. The molecule has 0 spiro atoms. The first-order chi connectivity index (χ1) is 11.6. The van der Waals surface area contributed by atoms with Crippen molar-refractivity contribution in [3.63, 3.8) is 0 Å². The average molecular weight is 331 g/mol. The maximum Gasteiger partial charge on any atom is 0.339 e. The summed E-state index contributed by atoms with van der Waals surface area (Å²) in [4.78, 5) is 24.1. The third-order valence-corrected chi connectivity index (χ3v) is 3.45. The van der Waals surface area contributed by atoms with E-state index >= 15 is 0 Å². The second-order valence-electron chi connectivity index (χ2n) is 5.20. The molecule has 1 aliphatic heterocycles. The van der Waals surface area contributed by atoms with Crippen LogP contribution in [0.25, 0.3) is 0 Å². The number of nitrogens with one attached hydrogen (secondary N) is 1. The molecule has 1 amide bonds. The molecule has 1 atom stereocenters. The summed E-state index contributed by atoms with van der Waals surface area (Å²) in [6.45, 7) is 2.64. The lowest BCUT2D eigenvalue weighted by Crippen LogP contribution is -2.35. The molecule has 7 heteroatoms. The molecule has 2 aromatic rings. The first-order valence-corrected chi connectivity index (χ1v) is 7.54. The summed E-state index contributed by atoms with van der Waals surface area (Å²) in [7, 11) is 0. The summed E-state index contributed by atoms with van der Waals surface area (Å²) in [5, 5.41) is 2.64. The van der Waals surface area contributed by atoms with Crippen LogP contribution in [-0.2, 0) is 16.1 Å². The van der Waals surface area contributed by atoms with Crippen molar-refractivity contribution < 1.29 is 28.2 Å². The van der Waals surface area contributed by atoms with Gasteiger partial charge in [0.15, 0.2) is 17.6 Å². The molecule has 0 radical (unpaired) electrons. The lowest BCUT2D eigenvalue weighted by molar-refractivity contribution is -0.129. The fraction of sp³-hybridized carbons (Fsp3) is 0.294. The molecule has 0 aliphatic carbocycles. The maximum atomic E-state index is 12.2. The van der Waals surface area contributed by atoms with Crippen LogP contribution in [0.2, 0.25) is 0 Å². The van der Waals surface area contributed by atoms with Crippen molar-refractivity contribution in [2.75, 3.05) is 13.2 Å². The Kier molecular flexibility index (Phi) is 4.69. The highest BCUT2D eigenvalue weighted by atomic mass is 16.6. The molecular weight excluding hydrogens is 314 g/mol. The van der Waals surface area contributed by atoms with E-state index in [0.29, 0.717) is 36.0 Å². The minimum Gasteiger partial charge on any atom is -0.486 e. The predicted octanol–water partition coefficient (Wildman–Crippen LogP) is 1.91. The fourth-order valence-electron chi connectivity index (χ4n) is 2.18. The smallest absolute Gasteiger partial charge is 0.339 e. The fourth-order valence-corrected chi connectivity index (χ4v) is 2.18. The number of benzene rings is 1. The third-order valence-electron chi connectivity index (χ3n) is 3.45. The molecule has 0 saturated carbocycles. The molecule has 2 heterocycles. The van der Waals surface area contributed by atoms with Crippen LogP contribution >= 0.6 is 0 Å². The van der Waals surface area contributed by atoms with Gasteiger partial charge in [0.1, 0.15) is 19.0 Å². The van der Waals surface area contributed by atoms with Gasteiger partial charge >= 0.3 is 5.97 Å². The van der Waals surface area contributed by atoms with Crippen molar-refractivity contribution in [1.82, 2.24) is 5.32 Å². The summed E-state index contributed by atoms with van der Waals surface area (Å²) in [6, 6.07) is 8.24. The Hall–Kier alpha value is -2.96. The van der Waals surface area contributed by atoms with E-state index < -0.39 is 18.0 Å². The van der Waals surface area contributed by atoms with Gasteiger partial charge in [-0.1, -0.05) is 0 Å². The van der Waals surface area contributed by atoms with E-state index in [1.54, 1.807) is 30.3 Å². The number of ether oxygens (including phenoxy) is 3. The van der Waals surface area contributed by atoms with Gasteiger partial charge in [-0.2, -0.15) is 0 Å². The van der Waals surface area contributed by atoms with Crippen molar-refractivity contribution in [2.45, 2.75) is 19.6 Å². The Morgan fingerprint density at radius 3 is 2.75 bits per heavy atom. The van der Waals surface area contributed by atoms with Gasteiger partial charge in [0, 0.05) is 0 Å². The first kappa shape index (κ1) is 15.9. The minimum atomic E-state index is -0.930. The van der Waals surface area contributed by atoms with Gasteiger partial charge in [-0.3, -0.25) is 4.79 Å². The molecule has 24 heavy (non-hydrogen) atoms. The number of amides is 1. The Morgan fingerprint density at radius 2 is 2.00 bits per heavy atom. The highest BCUT2D eigenvalue weighted by Gasteiger charge is 2.21. The Balaban J connectivity index is 1.56. The Labute approximate surface area is 138 Å². The van der Waals surface area contributed by atoms with Gasteiger partial charge in [-0.25, -0.2) is 4.79 Å². The largest absolute Gasteiger partial charge is 0.486 e. The average Bonchev–Trinajstić information content (AvgIpc) is 3.12. The number of furan rings is 1. The Bertz CT molecular complexity index is 725. The van der Waals surface area contributed by atoms with E-state index in [1.165, 1.54) is 13.2 Å².